The second kappa shape index (κ2) is 11.1. The molecule has 0 aromatic heterocycles. The van der Waals surface area contributed by atoms with E-state index in [1.807, 2.05) is 62.4 Å². The van der Waals surface area contributed by atoms with E-state index in [-0.39, 0.29) is 54.6 Å². The predicted octanol–water partition coefficient (Wildman–Crippen LogP) is 3.84. The van der Waals surface area contributed by atoms with Gasteiger partial charge in [-0.05, 0) is 40.6 Å². The molecule has 1 fully saturated rings. The van der Waals surface area contributed by atoms with E-state index >= 15 is 0 Å². The minimum Gasteiger partial charge on any atom is -0.480 e. The van der Waals surface area contributed by atoms with Crippen LogP contribution in [0.5, 0.6) is 0 Å². The van der Waals surface area contributed by atoms with Crippen molar-refractivity contribution in [3.8, 4) is 11.1 Å². The lowest BCUT2D eigenvalue weighted by Gasteiger charge is -2.28. The van der Waals surface area contributed by atoms with Gasteiger partial charge in [0.05, 0.1) is 5.57 Å². The summed E-state index contributed by atoms with van der Waals surface area (Å²) in [5, 5.41) is 15.0. The van der Waals surface area contributed by atoms with Gasteiger partial charge in [-0.1, -0.05) is 68.5 Å². The van der Waals surface area contributed by atoms with Crippen LogP contribution in [0.3, 0.4) is 0 Å². The Kier molecular flexibility index (Phi) is 7.88. The largest absolute Gasteiger partial charge is 0.480 e. The fourth-order valence-corrected chi connectivity index (χ4v) is 5.07. The van der Waals surface area contributed by atoms with Gasteiger partial charge in [-0.2, -0.15) is 0 Å². The van der Waals surface area contributed by atoms with Crippen LogP contribution in [0.15, 0.2) is 60.2 Å². The smallest absolute Gasteiger partial charge is 0.407 e. The van der Waals surface area contributed by atoms with Crippen molar-refractivity contribution in [1.82, 2.24) is 10.6 Å². The molecule has 2 aromatic carbocycles. The number of fused-ring (bicyclic) bond motifs is 3. The van der Waals surface area contributed by atoms with Crippen molar-refractivity contribution in [2.45, 2.75) is 45.1 Å². The van der Waals surface area contributed by atoms with Crippen LogP contribution in [0, 0.1) is 5.41 Å². The number of rotatable bonds is 9. The second-order valence-electron chi connectivity index (χ2n) is 10.3. The molecular weight excluding hydrogens is 472 g/mol. The topological polar surface area (TPSA) is 122 Å². The van der Waals surface area contributed by atoms with Crippen molar-refractivity contribution in [1.29, 1.82) is 0 Å². The number of carbonyl (C=O) groups is 4. The standard InChI is InChI=1S/C29H32N2O6/c1-29(2)15-25(32)22(26(33)16-29)11-13-30-14-12-24(27(34)35)31-28(36)37-17-23-20-9-5-3-7-18(20)19-8-4-6-10-21(19)23/h3-11,23-24,30H,12-17H2,1-2H3,(H,31,36)(H,34,35)/t24-/m1/s1. The molecule has 0 heterocycles. The number of carboxylic acid groups (broad SMARTS) is 1. The Bertz CT molecular complexity index is 1180. The lowest BCUT2D eigenvalue weighted by molar-refractivity contribution is -0.139. The molecule has 8 heteroatoms. The number of benzene rings is 2. The molecular formula is C29H32N2O6. The van der Waals surface area contributed by atoms with Crippen LogP contribution in [0.4, 0.5) is 4.79 Å². The van der Waals surface area contributed by atoms with Gasteiger partial charge >= 0.3 is 12.1 Å². The van der Waals surface area contributed by atoms with Crippen LogP contribution >= 0.6 is 0 Å². The zero-order valence-corrected chi connectivity index (χ0v) is 21.1. The molecule has 0 aliphatic heterocycles. The maximum Gasteiger partial charge on any atom is 0.407 e. The van der Waals surface area contributed by atoms with Gasteiger partial charge in [0.25, 0.3) is 0 Å². The molecule has 1 atom stereocenters. The summed E-state index contributed by atoms with van der Waals surface area (Å²) in [4.78, 5) is 48.6. The van der Waals surface area contributed by atoms with Crippen molar-refractivity contribution in [3.63, 3.8) is 0 Å². The first-order valence-corrected chi connectivity index (χ1v) is 12.5. The molecule has 1 amide bonds. The zero-order chi connectivity index (χ0) is 26.6. The molecule has 194 valence electrons. The SMILES string of the molecule is CC1(C)CC(=O)C(=CCNCC[C@@H](NC(=O)OCC2c3ccccc3-c3ccccc32)C(=O)O)C(=O)C1. The van der Waals surface area contributed by atoms with Crippen molar-refractivity contribution >= 4 is 23.6 Å². The van der Waals surface area contributed by atoms with Gasteiger partial charge in [0, 0.05) is 25.3 Å². The Morgan fingerprint density at radius 3 is 2.16 bits per heavy atom. The number of nitrogens with one attached hydrogen (secondary N) is 2. The Labute approximate surface area is 216 Å². The maximum atomic E-state index is 12.5. The van der Waals surface area contributed by atoms with E-state index in [1.54, 1.807) is 6.08 Å². The number of amides is 1. The van der Waals surface area contributed by atoms with Gasteiger partial charge in [0.15, 0.2) is 11.6 Å². The highest BCUT2D eigenvalue weighted by atomic mass is 16.5. The highest BCUT2D eigenvalue weighted by Crippen LogP contribution is 2.44. The summed E-state index contributed by atoms with van der Waals surface area (Å²) in [7, 11) is 0. The number of aliphatic carboxylic acids is 1. The number of ether oxygens (including phenoxy) is 1. The fourth-order valence-electron chi connectivity index (χ4n) is 5.07. The molecule has 2 aliphatic rings. The lowest BCUT2D eigenvalue weighted by Crippen LogP contribution is -2.43. The maximum absolute atomic E-state index is 12.5. The number of hydrogen-bond donors (Lipinski definition) is 3. The van der Waals surface area contributed by atoms with Gasteiger partial charge in [0.1, 0.15) is 12.6 Å². The molecule has 0 radical (unpaired) electrons. The van der Waals surface area contributed by atoms with Crippen molar-refractivity contribution in [2.24, 2.45) is 5.41 Å². The summed E-state index contributed by atoms with van der Waals surface area (Å²) >= 11 is 0. The van der Waals surface area contributed by atoms with Crippen molar-refractivity contribution < 1.29 is 29.0 Å². The third-order valence-corrected chi connectivity index (χ3v) is 6.87. The summed E-state index contributed by atoms with van der Waals surface area (Å²) in [5.41, 5.74) is 4.25. The highest BCUT2D eigenvalue weighted by Gasteiger charge is 2.35. The Hall–Kier alpha value is -3.78. The molecule has 0 unspecified atom stereocenters. The normalized spacial score (nSPS) is 17.1. The molecule has 8 nitrogen and oxygen atoms in total. The van der Waals surface area contributed by atoms with Crippen LogP contribution < -0.4 is 10.6 Å². The predicted molar refractivity (Wildman–Crippen MR) is 138 cm³/mol. The molecule has 1 saturated carbocycles. The number of carboxylic acids is 1. The Morgan fingerprint density at radius 2 is 1.59 bits per heavy atom. The quantitative estimate of drug-likeness (QED) is 0.269. The Morgan fingerprint density at radius 1 is 1.03 bits per heavy atom. The van der Waals surface area contributed by atoms with E-state index in [4.69, 9.17) is 4.74 Å². The number of carbonyl (C=O) groups excluding carboxylic acids is 3. The molecule has 2 aromatic rings. The van der Waals surface area contributed by atoms with Gasteiger partial charge in [-0.3, -0.25) is 9.59 Å². The van der Waals surface area contributed by atoms with Crippen LogP contribution in [-0.4, -0.2) is 54.5 Å². The van der Waals surface area contributed by atoms with Gasteiger partial charge in [0.2, 0.25) is 0 Å². The molecule has 4 rings (SSSR count). The minimum absolute atomic E-state index is 0.0941. The average molecular weight is 505 g/mol. The summed E-state index contributed by atoms with van der Waals surface area (Å²) in [5.74, 6) is -1.62. The molecule has 0 saturated heterocycles. The summed E-state index contributed by atoms with van der Waals surface area (Å²) in [6.07, 6.45) is 1.54. The lowest BCUT2D eigenvalue weighted by atomic mass is 9.74. The number of Topliss-reactive ketones (excluding diaryl/α,β-unsaturated/α-hetero) is 2. The first-order chi connectivity index (χ1) is 17.7. The summed E-state index contributed by atoms with van der Waals surface area (Å²) in [6.45, 7) is 4.40. The fraction of sp³-hybridized carbons (Fsp3) is 0.379. The monoisotopic (exact) mass is 504 g/mol. The van der Waals surface area contributed by atoms with Crippen LogP contribution in [-0.2, 0) is 19.1 Å². The first kappa shape index (κ1) is 26.3. The van der Waals surface area contributed by atoms with E-state index in [0.29, 0.717) is 12.8 Å². The van der Waals surface area contributed by atoms with Crippen LogP contribution in [0.2, 0.25) is 0 Å². The molecule has 37 heavy (non-hydrogen) atoms. The Balaban J connectivity index is 1.26. The van der Waals surface area contributed by atoms with E-state index in [1.165, 1.54) is 0 Å². The second-order valence-corrected chi connectivity index (χ2v) is 10.3. The third kappa shape index (κ3) is 6.14. The van der Waals surface area contributed by atoms with Gasteiger partial charge in [-0.25, -0.2) is 9.59 Å². The van der Waals surface area contributed by atoms with E-state index in [2.05, 4.69) is 10.6 Å². The summed E-state index contributed by atoms with van der Waals surface area (Å²) in [6, 6.07) is 14.8. The zero-order valence-electron chi connectivity index (χ0n) is 21.1. The first-order valence-electron chi connectivity index (χ1n) is 12.5. The minimum atomic E-state index is -1.17. The number of allylic oxidation sites excluding steroid dienone is 1. The molecule has 3 N–H and O–H groups in total. The van der Waals surface area contributed by atoms with E-state index < -0.39 is 18.1 Å². The van der Waals surface area contributed by atoms with Gasteiger partial charge in [-0.15, -0.1) is 0 Å². The van der Waals surface area contributed by atoms with Gasteiger partial charge < -0.3 is 20.5 Å². The molecule has 0 bridgehead atoms. The third-order valence-electron chi connectivity index (χ3n) is 6.87. The van der Waals surface area contributed by atoms with Crippen molar-refractivity contribution in [3.05, 3.63) is 71.3 Å². The van der Waals surface area contributed by atoms with Crippen LogP contribution in [0.25, 0.3) is 11.1 Å². The molecule has 0 spiro atoms. The number of ketones is 2. The van der Waals surface area contributed by atoms with Crippen LogP contribution in [0.1, 0.15) is 50.2 Å². The number of hydrogen-bond acceptors (Lipinski definition) is 6. The molecule has 2 aliphatic carbocycles. The van der Waals surface area contributed by atoms with E-state index in [9.17, 15) is 24.3 Å². The summed E-state index contributed by atoms with van der Waals surface area (Å²) < 4.78 is 5.45. The van der Waals surface area contributed by atoms with Crippen molar-refractivity contribution in [2.75, 3.05) is 19.7 Å². The van der Waals surface area contributed by atoms with E-state index in [0.717, 1.165) is 22.3 Å². The highest BCUT2D eigenvalue weighted by molar-refractivity contribution is 6.22. The average Bonchev–Trinajstić information content (AvgIpc) is 3.16. The number of alkyl carbamates (subject to hydrolysis) is 1.